The Labute approximate surface area is 126 Å². The van der Waals surface area contributed by atoms with Gasteiger partial charge in [0.2, 0.25) is 0 Å². The van der Waals surface area contributed by atoms with Crippen LogP contribution in [0.4, 0.5) is 0 Å². The summed E-state index contributed by atoms with van der Waals surface area (Å²) < 4.78 is 6.24. The minimum Gasteiger partial charge on any atom is -0.335 e. The van der Waals surface area contributed by atoms with Gasteiger partial charge in [0.15, 0.2) is 5.78 Å². The van der Waals surface area contributed by atoms with E-state index in [0.29, 0.717) is 16.6 Å². The summed E-state index contributed by atoms with van der Waals surface area (Å²) in [5.74, 6) is -0.126. The second kappa shape index (κ2) is 5.22. The highest BCUT2D eigenvalue weighted by Crippen LogP contribution is 2.13. The predicted molar refractivity (Wildman–Crippen MR) is 81.0 cm³/mol. The Morgan fingerprint density at radius 2 is 2.05 bits per heavy atom. The zero-order chi connectivity index (χ0) is 15.9. The van der Waals surface area contributed by atoms with E-state index in [2.05, 4.69) is 10.1 Å². The van der Waals surface area contributed by atoms with E-state index >= 15 is 0 Å². The molecule has 6 heteroatoms. The van der Waals surface area contributed by atoms with E-state index in [4.69, 9.17) is 4.52 Å². The maximum absolute atomic E-state index is 12.5. The smallest absolute Gasteiger partial charge is 0.267 e. The van der Waals surface area contributed by atoms with Crippen molar-refractivity contribution < 1.29 is 9.32 Å². The first-order valence-electron chi connectivity index (χ1n) is 6.89. The Morgan fingerprint density at radius 1 is 1.27 bits per heavy atom. The van der Waals surface area contributed by atoms with Gasteiger partial charge in [-0.2, -0.15) is 0 Å². The van der Waals surface area contributed by atoms with Crippen LogP contribution in [0.25, 0.3) is 11.1 Å². The quantitative estimate of drug-likeness (QED) is 0.692. The van der Waals surface area contributed by atoms with E-state index < -0.39 is 0 Å². The molecule has 0 aliphatic carbocycles. The lowest BCUT2D eigenvalue weighted by atomic mass is 10.0. The minimum atomic E-state index is -0.317. The molecule has 2 aromatic heterocycles. The highest BCUT2D eigenvalue weighted by Gasteiger charge is 2.15. The van der Waals surface area contributed by atoms with Gasteiger partial charge in [0.1, 0.15) is 11.7 Å². The average molecular weight is 297 g/mol. The second-order valence-electron chi connectivity index (χ2n) is 5.37. The van der Waals surface area contributed by atoms with Gasteiger partial charge in [0.05, 0.1) is 12.2 Å². The molecule has 0 N–H and O–H groups in total. The van der Waals surface area contributed by atoms with Crippen LogP contribution in [-0.2, 0) is 6.54 Å². The number of aromatic nitrogens is 3. The first-order valence-corrected chi connectivity index (χ1v) is 6.89. The molecule has 22 heavy (non-hydrogen) atoms. The zero-order valence-electron chi connectivity index (χ0n) is 12.6. The maximum Gasteiger partial charge on any atom is 0.267 e. The number of benzene rings is 1. The van der Waals surface area contributed by atoms with E-state index in [0.717, 1.165) is 11.1 Å². The number of aryl methyl sites for hydroxylation is 3. The number of hydrogen-bond donors (Lipinski definition) is 0. The number of hydrogen-bond acceptors (Lipinski definition) is 5. The van der Waals surface area contributed by atoms with E-state index in [9.17, 15) is 9.59 Å². The number of carbonyl (C=O) groups excluding carboxylic acids is 1. The monoisotopic (exact) mass is 297 g/mol. The molecule has 0 bridgehead atoms. The lowest BCUT2D eigenvalue weighted by Crippen LogP contribution is -2.25. The van der Waals surface area contributed by atoms with Gasteiger partial charge >= 0.3 is 0 Å². The van der Waals surface area contributed by atoms with Crippen LogP contribution in [-0.4, -0.2) is 20.5 Å². The summed E-state index contributed by atoms with van der Waals surface area (Å²) in [6.45, 7) is 5.42. The average Bonchev–Trinajstić information content (AvgIpc) is 2.86. The molecule has 2 heterocycles. The third-order valence-electron chi connectivity index (χ3n) is 3.64. The Balaban J connectivity index is 2.01. The van der Waals surface area contributed by atoms with Crippen LogP contribution in [0.1, 0.15) is 27.2 Å². The second-order valence-corrected chi connectivity index (χ2v) is 5.37. The van der Waals surface area contributed by atoms with E-state index in [1.807, 2.05) is 32.0 Å². The fourth-order valence-electron chi connectivity index (χ4n) is 2.40. The van der Waals surface area contributed by atoms with Crippen LogP contribution in [0.2, 0.25) is 0 Å². The van der Waals surface area contributed by atoms with Crippen molar-refractivity contribution in [2.75, 3.05) is 0 Å². The molecule has 0 aliphatic rings. The number of Topliss-reactive ketones (excluding diaryl/α,β-unsaturated/α-hetero) is 1. The van der Waals surface area contributed by atoms with Crippen molar-refractivity contribution in [2.24, 2.45) is 0 Å². The number of nitrogens with zero attached hydrogens (tertiary/aromatic N) is 3. The molecule has 0 saturated heterocycles. The summed E-state index contributed by atoms with van der Waals surface area (Å²) in [7, 11) is 0. The maximum atomic E-state index is 12.5. The van der Waals surface area contributed by atoms with Crippen molar-refractivity contribution >= 4 is 16.9 Å². The highest BCUT2D eigenvalue weighted by atomic mass is 16.5. The summed E-state index contributed by atoms with van der Waals surface area (Å²) in [6.07, 6.45) is 1.32. The van der Waals surface area contributed by atoms with E-state index in [1.54, 1.807) is 6.92 Å². The van der Waals surface area contributed by atoms with Gasteiger partial charge in [-0.3, -0.25) is 14.2 Å². The molecule has 3 rings (SSSR count). The Hall–Kier alpha value is -2.76. The van der Waals surface area contributed by atoms with Crippen LogP contribution in [0.3, 0.4) is 0 Å². The Morgan fingerprint density at radius 3 is 2.82 bits per heavy atom. The van der Waals surface area contributed by atoms with E-state index in [-0.39, 0.29) is 23.6 Å². The number of ketones is 1. The minimum absolute atomic E-state index is 0.0588. The van der Waals surface area contributed by atoms with Crippen LogP contribution < -0.4 is 5.56 Å². The van der Waals surface area contributed by atoms with Crippen LogP contribution >= 0.6 is 0 Å². The van der Waals surface area contributed by atoms with Crippen LogP contribution in [0.15, 0.2) is 33.8 Å². The standard InChI is InChI=1S/C16H15N3O3/c1-9-4-5-10(2)12(6-9)13(20)7-19-8-17-15-14(16(19)21)11(3)18-22-15/h4-6,8H,7H2,1-3H3. The molecule has 0 aliphatic heterocycles. The number of carbonyl (C=O) groups is 1. The van der Waals surface area contributed by atoms with Gasteiger partial charge in [-0.25, -0.2) is 4.98 Å². The van der Waals surface area contributed by atoms with Crippen LogP contribution in [0, 0.1) is 20.8 Å². The molecule has 1 aromatic carbocycles. The molecule has 0 atom stereocenters. The lowest BCUT2D eigenvalue weighted by molar-refractivity contribution is 0.0970. The van der Waals surface area contributed by atoms with Gasteiger partial charge in [-0.05, 0) is 32.4 Å². The topological polar surface area (TPSA) is 78.0 Å². The SMILES string of the molecule is Cc1ccc(C)c(C(=O)Cn2cnc3onc(C)c3c2=O)c1. The molecule has 0 saturated carbocycles. The van der Waals surface area contributed by atoms with E-state index in [1.165, 1.54) is 10.9 Å². The van der Waals surface area contributed by atoms with Gasteiger partial charge in [0.25, 0.3) is 11.3 Å². The Bertz CT molecular complexity index is 937. The van der Waals surface area contributed by atoms with Gasteiger partial charge in [0, 0.05) is 5.56 Å². The first-order chi connectivity index (χ1) is 10.5. The summed E-state index contributed by atoms with van der Waals surface area (Å²) >= 11 is 0. The van der Waals surface area contributed by atoms with Crippen molar-refractivity contribution in [3.8, 4) is 0 Å². The Kier molecular flexibility index (Phi) is 3.36. The molecule has 0 spiro atoms. The normalized spacial score (nSPS) is 11.0. The van der Waals surface area contributed by atoms with Crippen molar-refractivity contribution in [1.82, 2.24) is 14.7 Å². The molecular weight excluding hydrogens is 282 g/mol. The molecule has 0 radical (unpaired) electrons. The largest absolute Gasteiger partial charge is 0.335 e. The summed E-state index contributed by atoms with van der Waals surface area (Å²) in [6, 6.07) is 5.68. The van der Waals surface area contributed by atoms with Gasteiger partial charge in [-0.15, -0.1) is 0 Å². The number of fused-ring (bicyclic) bond motifs is 1. The molecule has 112 valence electrons. The zero-order valence-corrected chi connectivity index (χ0v) is 12.6. The summed E-state index contributed by atoms with van der Waals surface area (Å²) in [5, 5.41) is 4.04. The molecule has 0 unspecified atom stereocenters. The number of rotatable bonds is 3. The lowest BCUT2D eigenvalue weighted by Gasteiger charge is -2.08. The third-order valence-corrected chi connectivity index (χ3v) is 3.64. The fraction of sp³-hybridized carbons (Fsp3) is 0.250. The van der Waals surface area contributed by atoms with Crippen molar-refractivity contribution in [3.05, 3.63) is 57.3 Å². The van der Waals surface area contributed by atoms with Gasteiger partial charge in [-0.1, -0.05) is 22.9 Å². The van der Waals surface area contributed by atoms with Crippen LogP contribution in [0.5, 0.6) is 0 Å². The van der Waals surface area contributed by atoms with Crippen molar-refractivity contribution in [2.45, 2.75) is 27.3 Å². The summed E-state index contributed by atoms with van der Waals surface area (Å²) in [5.41, 5.74) is 2.86. The fourth-order valence-corrected chi connectivity index (χ4v) is 2.40. The predicted octanol–water partition coefficient (Wildman–Crippen LogP) is 2.19. The van der Waals surface area contributed by atoms with Crippen molar-refractivity contribution in [3.63, 3.8) is 0 Å². The van der Waals surface area contributed by atoms with Crippen molar-refractivity contribution in [1.29, 1.82) is 0 Å². The molecule has 0 amide bonds. The highest BCUT2D eigenvalue weighted by molar-refractivity contribution is 5.97. The first kappa shape index (κ1) is 14.2. The molecule has 6 nitrogen and oxygen atoms in total. The third kappa shape index (κ3) is 2.32. The molecule has 3 aromatic rings. The summed E-state index contributed by atoms with van der Waals surface area (Å²) in [4.78, 5) is 28.9. The van der Waals surface area contributed by atoms with Gasteiger partial charge < -0.3 is 4.52 Å². The molecular formula is C16H15N3O3. The molecule has 0 fully saturated rings.